The minimum Gasteiger partial charge on any atom is -0.329 e. The Morgan fingerprint density at radius 2 is 2.06 bits per heavy atom. The Balaban J connectivity index is 2.21. The number of hydrogen-bond donors (Lipinski definition) is 1. The van der Waals surface area contributed by atoms with Crippen molar-refractivity contribution in [1.29, 1.82) is 0 Å². The maximum Gasteiger partial charge on any atom is 0.0481 e. The number of benzene rings is 1. The molecule has 1 aromatic rings. The van der Waals surface area contributed by atoms with Gasteiger partial charge in [-0.2, -0.15) is 0 Å². The summed E-state index contributed by atoms with van der Waals surface area (Å²) >= 11 is 3.68. The lowest BCUT2D eigenvalue weighted by Crippen LogP contribution is -2.37. The normalized spacial score (nSPS) is 18.5. The summed E-state index contributed by atoms with van der Waals surface area (Å²) < 4.78 is 1.18. The molecule has 0 aromatic heterocycles. The van der Waals surface area contributed by atoms with Gasteiger partial charge in [-0.25, -0.2) is 0 Å². The summed E-state index contributed by atoms with van der Waals surface area (Å²) in [5.41, 5.74) is 8.62. The van der Waals surface area contributed by atoms with Crippen molar-refractivity contribution in [1.82, 2.24) is 4.90 Å². The molecule has 2 rings (SSSR count). The SMILES string of the molecule is Cc1ccc(C(CN)N(C)C2CCCC2)c(Br)c1. The molecule has 0 heterocycles. The zero-order chi connectivity index (χ0) is 13.1. The van der Waals surface area contributed by atoms with Gasteiger partial charge in [0.15, 0.2) is 0 Å². The zero-order valence-corrected chi connectivity index (χ0v) is 12.9. The predicted octanol–water partition coefficient (Wildman–Crippen LogP) is 3.63. The van der Waals surface area contributed by atoms with E-state index in [1.807, 2.05) is 0 Å². The van der Waals surface area contributed by atoms with Crippen LogP contribution in [0.2, 0.25) is 0 Å². The van der Waals surface area contributed by atoms with Gasteiger partial charge >= 0.3 is 0 Å². The molecule has 0 spiro atoms. The van der Waals surface area contributed by atoms with Gasteiger partial charge in [-0.15, -0.1) is 0 Å². The number of halogens is 1. The van der Waals surface area contributed by atoms with Crippen LogP contribution in [0.1, 0.15) is 42.9 Å². The summed E-state index contributed by atoms with van der Waals surface area (Å²) in [4.78, 5) is 2.47. The van der Waals surface area contributed by atoms with Crippen molar-refractivity contribution in [3.05, 3.63) is 33.8 Å². The van der Waals surface area contributed by atoms with E-state index in [0.29, 0.717) is 18.6 Å². The number of nitrogens with zero attached hydrogens (tertiary/aromatic N) is 1. The van der Waals surface area contributed by atoms with Crippen molar-refractivity contribution in [3.63, 3.8) is 0 Å². The molecule has 2 nitrogen and oxygen atoms in total. The van der Waals surface area contributed by atoms with Gasteiger partial charge in [-0.05, 0) is 44.0 Å². The minimum atomic E-state index is 0.322. The number of nitrogens with two attached hydrogens (primary N) is 1. The highest BCUT2D eigenvalue weighted by atomic mass is 79.9. The molecular formula is C15H23BrN2. The molecule has 0 bridgehead atoms. The molecule has 18 heavy (non-hydrogen) atoms. The lowest BCUT2D eigenvalue weighted by Gasteiger charge is -2.33. The fourth-order valence-electron chi connectivity index (χ4n) is 2.98. The topological polar surface area (TPSA) is 29.3 Å². The fraction of sp³-hybridized carbons (Fsp3) is 0.600. The van der Waals surface area contributed by atoms with Gasteiger partial charge in [0.2, 0.25) is 0 Å². The molecule has 0 radical (unpaired) electrons. The Hall–Kier alpha value is -0.380. The molecule has 0 saturated heterocycles. The third-order valence-corrected chi connectivity index (χ3v) is 4.82. The third kappa shape index (κ3) is 2.95. The molecule has 1 aliphatic carbocycles. The first-order valence-corrected chi connectivity index (χ1v) is 7.61. The summed E-state index contributed by atoms with van der Waals surface area (Å²) in [6.45, 7) is 2.79. The summed E-state index contributed by atoms with van der Waals surface area (Å²) in [7, 11) is 2.22. The van der Waals surface area contributed by atoms with E-state index >= 15 is 0 Å². The first-order valence-electron chi connectivity index (χ1n) is 6.81. The van der Waals surface area contributed by atoms with Crippen LogP contribution in [0.25, 0.3) is 0 Å². The van der Waals surface area contributed by atoms with Gasteiger partial charge in [-0.3, -0.25) is 4.90 Å². The summed E-state index contributed by atoms with van der Waals surface area (Å²) in [6.07, 6.45) is 5.36. The smallest absolute Gasteiger partial charge is 0.0481 e. The predicted molar refractivity (Wildman–Crippen MR) is 80.7 cm³/mol. The van der Waals surface area contributed by atoms with Crippen LogP contribution in [0, 0.1) is 6.92 Å². The van der Waals surface area contributed by atoms with E-state index in [0.717, 1.165) is 0 Å². The Kier molecular flexibility index (Phi) is 4.82. The van der Waals surface area contributed by atoms with Crippen molar-refractivity contribution >= 4 is 15.9 Å². The van der Waals surface area contributed by atoms with Crippen molar-refractivity contribution in [2.24, 2.45) is 5.73 Å². The van der Waals surface area contributed by atoms with E-state index in [1.54, 1.807) is 0 Å². The second-order valence-corrected chi connectivity index (χ2v) is 6.23. The average molecular weight is 311 g/mol. The molecule has 1 saturated carbocycles. The first-order chi connectivity index (χ1) is 8.63. The molecule has 100 valence electrons. The van der Waals surface area contributed by atoms with E-state index in [4.69, 9.17) is 5.73 Å². The molecule has 1 aliphatic rings. The zero-order valence-electron chi connectivity index (χ0n) is 11.3. The number of likely N-dealkylation sites (N-methyl/N-ethyl adjacent to an activating group) is 1. The molecule has 1 fully saturated rings. The highest BCUT2D eigenvalue weighted by Crippen LogP contribution is 2.32. The summed E-state index contributed by atoms with van der Waals surface area (Å²) in [5.74, 6) is 0. The summed E-state index contributed by atoms with van der Waals surface area (Å²) in [5, 5.41) is 0. The number of rotatable bonds is 4. The van der Waals surface area contributed by atoms with E-state index < -0.39 is 0 Å². The monoisotopic (exact) mass is 310 g/mol. The van der Waals surface area contributed by atoms with E-state index in [1.165, 1.54) is 41.3 Å². The van der Waals surface area contributed by atoms with Gasteiger partial charge < -0.3 is 5.73 Å². The molecular weight excluding hydrogens is 288 g/mol. The Bertz CT molecular complexity index is 399. The van der Waals surface area contributed by atoms with Gasteiger partial charge in [0.1, 0.15) is 0 Å². The quantitative estimate of drug-likeness (QED) is 0.920. The second-order valence-electron chi connectivity index (χ2n) is 5.38. The van der Waals surface area contributed by atoms with Crippen molar-refractivity contribution in [3.8, 4) is 0 Å². The molecule has 2 N–H and O–H groups in total. The van der Waals surface area contributed by atoms with Crippen molar-refractivity contribution in [2.45, 2.75) is 44.7 Å². The maximum atomic E-state index is 6.02. The number of aryl methyl sites for hydroxylation is 1. The maximum absolute atomic E-state index is 6.02. The van der Waals surface area contributed by atoms with E-state index in [9.17, 15) is 0 Å². The molecule has 1 aromatic carbocycles. The average Bonchev–Trinajstić information content (AvgIpc) is 2.86. The Morgan fingerprint density at radius 3 is 2.61 bits per heavy atom. The van der Waals surface area contributed by atoms with Crippen LogP contribution in [-0.2, 0) is 0 Å². The fourth-order valence-corrected chi connectivity index (χ4v) is 3.74. The van der Waals surface area contributed by atoms with Crippen LogP contribution >= 0.6 is 15.9 Å². The minimum absolute atomic E-state index is 0.322. The highest BCUT2D eigenvalue weighted by Gasteiger charge is 2.26. The van der Waals surface area contributed by atoms with Crippen molar-refractivity contribution < 1.29 is 0 Å². The molecule has 1 atom stereocenters. The Morgan fingerprint density at radius 1 is 1.39 bits per heavy atom. The van der Waals surface area contributed by atoms with Crippen LogP contribution in [0.15, 0.2) is 22.7 Å². The van der Waals surface area contributed by atoms with Gasteiger partial charge in [0.25, 0.3) is 0 Å². The standard InChI is InChI=1S/C15H23BrN2/c1-11-7-8-13(14(16)9-11)15(10-17)18(2)12-5-3-4-6-12/h7-9,12,15H,3-6,10,17H2,1-2H3. The van der Waals surface area contributed by atoms with Crippen LogP contribution in [-0.4, -0.2) is 24.5 Å². The van der Waals surface area contributed by atoms with Crippen molar-refractivity contribution in [2.75, 3.05) is 13.6 Å². The van der Waals surface area contributed by atoms with E-state index in [-0.39, 0.29) is 0 Å². The van der Waals surface area contributed by atoms with Crippen LogP contribution in [0.5, 0.6) is 0 Å². The Labute approximate surface area is 119 Å². The van der Waals surface area contributed by atoms with Crippen LogP contribution < -0.4 is 5.73 Å². The lowest BCUT2D eigenvalue weighted by atomic mass is 10.0. The van der Waals surface area contributed by atoms with Gasteiger partial charge in [-0.1, -0.05) is 40.9 Å². The summed E-state index contributed by atoms with van der Waals surface area (Å²) in [6, 6.07) is 7.59. The molecule has 0 amide bonds. The highest BCUT2D eigenvalue weighted by molar-refractivity contribution is 9.10. The molecule has 1 unspecified atom stereocenters. The van der Waals surface area contributed by atoms with E-state index in [2.05, 4.69) is 53.0 Å². The van der Waals surface area contributed by atoms with Crippen LogP contribution in [0.4, 0.5) is 0 Å². The number of hydrogen-bond acceptors (Lipinski definition) is 2. The van der Waals surface area contributed by atoms with Gasteiger partial charge in [0.05, 0.1) is 0 Å². The molecule has 0 aliphatic heterocycles. The third-order valence-electron chi connectivity index (χ3n) is 4.13. The lowest BCUT2D eigenvalue weighted by molar-refractivity contribution is 0.179. The largest absolute Gasteiger partial charge is 0.329 e. The van der Waals surface area contributed by atoms with Gasteiger partial charge in [0, 0.05) is 23.1 Å². The second kappa shape index (κ2) is 6.18. The molecule has 3 heteroatoms. The van der Waals surface area contributed by atoms with Crippen LogP contribution in [0.3, 0.4) is 0 Å². The first kappa shape index (κ1) is 14.0.